The second kappa shape index (κ2) is 8.51. The molecule has 8 nitrogen and oxygen atoms in total. The number of para-hydroxylation sites is 1. The molecule has 2 N–H and O–H groups in total. The van der Waals surface area contributed by atoms with E-state index in [1.807, 2.05) is 29.2 Å². The lowest BCUT2D eigenvalue weighted by atomic mass is 9.86. The number of likely N-dealkylation sites (tertiary alicyclic amines) is 1. The number of aromatic amines is 1. The van der Waals surface area contributed by atoms with Crippen molar-refractivity contribution >= 4 is 22.8 Å². The molecule has 2 aliphatic rings. The number of fused-ring (bicyclic) bond motifs is 1. The van der Waals surface area contributed by atoms with Gasteiger partial charge in [0.2, 0.25) is 0 Å². The maximum atomic E-state index is 13.2. The first-order chi connectivity index (χ1) is 14.0. The van der Waals surface area contributed by atoms with Crippen LogP contribution in [0.2, 0.25) is 0 Å². The van der Waals surface area contributed by atoms with E-state index < -0.39 is 5.97 Å². The molecule has 0 radical (unpaired) electrons. The number of aromatic nitrogens is 2. The van der Waals surface area contributed by atoms with Crippen molar-refractivity contribution in [2.24, 2.45) is 5.92 Å². The molecule has 8 heteroatoms. The topological polar surface area (TPSA) is 92.8 Å². The maximum Gasteiger partial charge on any atom is 0.303 e. The highest BCUT2D eigenvalue weighted by atomic mass is 16.4. The summed E-state index contributed by atoms with van der Waals surface area (Å²) < 4.78 is 0. The Hall–Kier alpha value is -2.45. The number of piperidine rings is 1. The van der Waals surface area contributed by atoms with Crippen LogP contribution < -0.4 is 0 Å². The normalized spacial score (nSPS) is 24.1. The zero-order valence-electron chi connectivity index (χ0n) is 16.9. The Labute approximate surface area is 170 Å². The lowest BCUT2D eigenvalue weighted by molar-refractivity contribution is -0.137. The minimum Gasteiger partial charge on any atom is -0.481 e. The second-order valence-electron chi connectivity index (χ2n) is 8.26. The SMILES string of the molecule is CN1CCN([C@H]2CCN(C(=O)c3n[nH]c4ccccc34)C[C@H]2CCC(=O)O)CC1. The number of carboxylic acids is 1. The molecule has 2 aromatic rings. The molecule has 29 heavy (non-hydrogen) atoms. The van der Waals surface area contributed by atoms with Gasteiger partial charge >= 0.3 is 5.97 Å². The number of H-pyrrole nitrogens is 1. The minimum atomic E-state index is -0.774. The van der Waals surface area contributed by atoms with E-state index in [0.29, 0.717) is 31.2 Å². The quantitative estimate of drug-likeness (QED) is 0.792. The lowest BCUT2D eigenvalue weighted by Crippen LogP contribution is -2.57. The van der Waals surface area contributed by atoms with Crippen molar-refractivity contribution in [3.8, 4) is 0 Å². The fourth-order valence-electron chi connectivity index (χ4n) is 4.71. The van der Waals surface area contributed by atoms with Gasteiger partial charge in [-0.15, -0.1) is 0 Å². The van der Waals surface area contributed by atoms with Gasteiger partial charge in [0.05, 0.1) is 5.52 Å². The van der Waals surface area contributed by atoms with E-state index in [4.69, 9.17) is 0 Å². The van der Waals surface area contributed by atoms with E-state index in [2.05, 4.69) is 27.0 Å². The molecule has 2 fully saturated rings. The third-order valence-corrected chi connectivity index (χ3v) is 6.39. The van der Waals surface area contributed by atoms with Gasteiger partial charge in [-0.3, -0.25) is 19.6 Å². The maximum absolute atomic E-state index is 13.2. The van der Waals surface area contributed by atoms with Crippen LogP contribution in [0.4, 0.5) is 0 Å². The van der Waals surface area contributed by atoms with Crippen molar-refractivity contribution in [3.63, 3.8) is 0 Å². The number of hydrogen-bond acceptors (Lipinski definition) is 5. The van der Waals surface area contributed by atoms with Gasteiger partial charge < -0.3 is 14.9 Å². The number of carbonyl (C=O) groups is 2. The third-order valence-electron chi connectivity index (χ3n) is 6.39. The summed E-state index contributed by atoms with van der Waals surface area (Å²) in [6.45, 7) is 5.34. The van der Waals surface area contributed by atoms with Gasteiger partial charge in [0.15, 0.2) is 5.69 Å². The smallest absolute Gasteiger partial charge is 0.303 e. The molecule has 0 spiro atoms. The second-order valence-corrected chi connectivity index (χ2v) is 8.26. The van der Waals surface area contributed by atoms with E-state index in [9.17, 15) is 14.7 Å². The summed E-state index contributed by atoms with van der Waals surface area (Å²) in [4.78, 5) is 31.1. The fraction of sp³-hybridized carbons (Fsp3) is 0.571. The Morgan fingerprint density at radius 3 is 2.69 bits per heavy atom. The zero-order chi connectivity index (χ0) is 20.4. The van der Waals surface area contributed by atoms with Crippen molar-refractivity contribution in [2.45, 2.75) is 25.3 Å². The zero-order valence-corrected chi connectivity index (χ0v) is 16.9. The number of nitrogens with one attached hydrogen (secondary N) is 1. The molecule has 1 aromatic carbocycles. The van der Waals surface area contributed by atoms with Gasteiger partial charge in [0.25, 0.3) is 5.91 Å². The first-order valence-corrected chi connectivity index (χ1v) is 10.4. The highest BCUT2D eigenvalue weighted by Crippen LogP contribution is 2.29. The summed E-state index contributed by atoms with van der Waals surface area (Å²) in [6.07, 6.45) is 1.61. The first kappa shape index (κ1) is 19.8. The molecule has 2 atom stereocenters. The number of benzene rings is 1. The summed E-state index contributed by atoms with van der Waals surface area (Å²) in [7, 11) is 2.13. The minimum absolute atomic E-state index is 0.0698. The number of carbonyl (C=O) groups excluding carboxylic acids is 1. The Kier molecular flexibility index (Phi) is 5.82. The van der Waals surface area contributed by atoms with Gasteiger partial charge in [0.1, 0.15) is 0 Å². The number of aliphatic carboxylic acids is 1. The van der Waals surface area contributed by atoms with Gasteiger partial charge in [-0.1, -0.05) is 18.2 Å². The molecule has 3 heterocycles. The third kappa shape index (κ3) is 4.28. The average Bonchev–Trinajstić information content (AvgIpc) is 3.16. The number of carboxylic acid groups (broad SMARTS) is 1. The predicted octanol–water partition coefficient (Wildman–Crippen LogP) is 1.51. The van der Waals surface area contributed by atoms with Crippen LogP contribution in [-0.2, 0) is 4.79 Å². The summed E-state index contributed by atoms with van der Waals surface area (Å²) in [5.41, 5.74) is 1.31. The molecule has 0 unspecified atom stereocenters. The van der Waals surface area contributed by atoms with Gasteiger partial charge in [0, 0.05) is 57.1 Å². The Bertz CT molecular complexity index is 874. The van der Waals surface area contributed by atoms with E-state index >= 15 is 0 Å². The Morgan fingerprint density at radius 2 is 1.93 bits per heavy atom. The summed E-state index contributed by atoms with van der Waals surface area (Å²) >= 11 is 0. The Morgan fingerprint density at radius 1 is 1.17 bits per heavy atom. The van der Waals surface area contributed by atoms with Crippen LogP contribution in [0.3, 0.4) is 0 Å². The average molecular weight is 399 g/mol. The molecule has 1 aromatic heterocycles. The molecule has 1 amide bonds. The van der Waals surface area contributed by atoms with Crippen molar-refractivity contribution in [1.82, 2.24) is 24.9 Å². The lowest BCUT2D eigenvalue weighted by Gasteiger charge is -2.46. The van der Waals surface area contributed by atoms with Crippen LogP contribution in [0.5, 0.6) is 0 Å². The molecule has 0 bridgehead atoms. The molecule has 2 saturated heterocycles. The summed E-state index contributed by atoms with van der Waals surface area (Å²) in [5, 5.41) is 17.2. The van der Waals surface area contributed by atoms with E-state index in [1.165, 1.54) is 0 Å². The highest BCUT2D eigenvalue weighted by Gasteiger charge is 2.36. The van der Waals surface area contributed by atoms with Crippen molar-refractivity contribution in [3.05, 3.63) is 30.0 Å². The number of likely N-dealkylation sites (N-methyl/N-ethyl adjacent to an activating group) is 1. The number of piperazine rings is 1. The van der Waals surface area contributed by atoms with E-state index in [1.54, 1.807) is 0 Å². The van der Waals surface area contributed by atoms with Crippen molar-refractivity contribution in [1.29, 1.82) is 0 Å². The molecule has 0 aliphatic carbocycles. The van der Waals surface area contributed by atoms with Gasteiger partial charge in [-0.25, -0.2) is 0 Å². The van der Waals surface area contributed by atoms with Crippen LogP contribution in [0.25, 0.3) is 10.9 Å². The predicted molar refractivity (Wildman–Crippen MR) is 110 cm³/mol. The Balaban J connectivity index is 1.50. The molecule has 0 saturated carbocycles. The van der Waals surface area contributed by atoms with Crippen LogP contribution in [0, 0.1) is 5.92 Å². The first-order valence-electron chi connectivity index (χ1n) is 10.4. The molecule has 2 aliphatic heterocycles. The van der Waals surface area contributed by atoms with Crippen LogP contribution in [0.1, 0.15) is 29.8 Å². The van der Waals surface area contributed by atoms with Gasteiger partial charge in [-0.05, 0) is 31.9 Å². The van der Waals surface area contributed by atoms with Crippen molar-refractivity contribution in [2.75, 3.05) is 46.3 Å². The van der Waals surface area contributed by atoms with Crippen LogP contribution >= 0.6 is 0 Å². The van der Waals surface area contributed by atoms with Gasteiger partial charge in [-0.2, -0.15) is 5.10 Å². The summed E-state index contributed by atoms with van der Waals surface area (Å²) in [6, 6.07) is 7.98. The largest absolute Gasteiger partial charge is 0.481 e. The molecule has 156 valence electrons. The summed E-state index contributed by atoms with van der Waals surface area (Å²) in [5.74, 6) is -0.680. The number of amides is 1. The molecular weight excluding hydrogens is 370 g/mol. The van der Waals surface area contributed by atoms with E-state index in [-0.39, 0.29) is 18.2 Å². The van der Waals surface area contributed by atoms with Crippen LogP contribution in [-0.4, -0.2) is 94.2 Å². The number of nitrogens with zero attached hydrogens (tertiary/aromatic N) is 4. The molecule has 4 rings (SSSR count). The van der Waals surface area contributed by atoms with Crippen molar-refractivity contribution < 1.29 is 14.7 Å². The molecular formula is C21H29N5O3. The number of hydrogen-bond donors (Lipinski definition) is 2. The fourth-order valence-corrected chi connectivity index (χ4v) is 4.71. The van der Waals surface area contributed by atoms with E-state index in [0.717, 1.165) is 43.5 Å². The standard InChI is InChI=1S/C21H29N5O3/c1-24-10-12-25(13-11-24)18-8-9-26(14-15(18)6-7-19(27)28)21(29)20-16-4-2-3-5-17(16)22-23-20/h2-5,15,18H,6-14H2,1H3,(H,22,23)(H,27,28)/t15-,18+/m1/s1. The highest BCUT2D eigenvalue weighted by molar-refractivity contribution is 6.04. The number of rotatable bonds is 5. The van der Waals surface area contributed by atoms with Crippen LogP contribution in [0.15, 0.2) is 24.3 Å². The monoisotopic (exact) mass is 399 g/mol.